The average molecular weight is 659 g/mol. The summed E-state index contributed by atoms with van der Waals surface area (Å²) in [4.78, 5) is 34.7. The van der Waals surface area contributed by atoms with E-state index in [9.17, 15) is 19.1 Å². The molecule has 2 saturated heterocycles. The van der Waals surface area contributed by atoms with Crippen LogP contribution >= 0.6 is 0 Å². The summed E-state index contributed by atoms with van der Waals surface area (Å²) in [6.45, 7) is 11.8. The third-order valence-corrected chi connectivity index (χ3v) is 9.56. The van der Waals surface area contributed by atoms with Crippen LogP contribution in [0, 0.1) is 5.82 Å². The van der Waals surface area contributed by atoms with E-state index in [1.165, 1.54) is 6.07 Å². The Balaban J connectivity index is 1.24. The van der Waals surface area contributed by atoms with E-state index in [0.29, 0.717) is 31.7 Å². The number of halogens is 1. The van der Waals surface area contributed by atoms with Gasteiger partial charge >= 0.3 is 5.97 Å². The van der Waals surface area contributed by atoms with Gasteiger partial charge in [0.2, 0.25) is 0 Å². The fourth-order valence-electron chi connectivity index (χ4n) is 7.17. The molecule has 258 valence electrons. The topological polar surface area (TPSA) is 76.6 Å². The molecular weight excluding hydrogens is 607 g/mol. The lowest BCUT2D eigenvalue weighted by atomic mass is 9.93. The standard InChI is InChI=1S/C39H51FN4O4/c1-3-48-37(46)17-5-4-6-18-41-19-10-20-43(23-21-41)39(47)34-14-8-12-32(26-34)38(33-13-9-16-36(45)27-33)44-24-22-42(28-30(44)2)29-31-11-7-15-35(40)25-31/h7-9,11-16,25-27,30,38,45H,3-6,10,17-24,28-29H2,1-2H3. The van der Waals surface area contributed by atoms with E-state index < -0.39 is 0 Å². The number of rotatable bonds is 13. The highest BCUT2D eigenvalue weighted by Crippen LogP contribution is 2.34. The minimum absolute atomic E-state index is 0.0516. The summed E-state index contributed by atoms with van der Waals surface area (Å²) in [6.07, 6.45) is 4.28. The molecule has 9 heteroatoms. The van der Waals surface area contributed by atoms with Gasteiger partial charge in [-0.1, -0.05) is 42.8 Å². The highest BCUT2D eigenvalue weighted by Gasteiger charge is 2.32. The number of aromatic hydroxyl groups is 1. The number of esters is 1. The quantitative estimate of drug-likeness (QED) is 0.176. The third-order valence-electron chi connectivity index (χ3n) is 9.56. The van der Waals surface area contributed by atoms with Crippen LogP contribution in [0.4, 0.5) is 4.39 Å². The Labute approximate surface area is 285 Å². The SMILES string of the molecule is CCOC(=O)CCCCCN1CCCN(C(=O)c2cccc(C(c3cccc(O)c3)N3CCN(Cc4cccc(F)c4)CC3C)c2)CC1. The number of nitrogens with zero attached hydrogens (tertiary/aromatic N) is 4. The molecule has 0 aromatic heterocycles. The number of phenols is 1. The van der Waals surface area contributed by atoms with Crippen LogP contribution in [-0.2, 0) is 16.1 Å². The summed E-state index contributed by atoms with van der Waals surface area (Å²) < 4.78 is 18.9. The smallest absolute Gasteiger partial charge is 0.305 e. The molecule has 1 N–H and O–H groups in total. The van der Waals surface area contributed by atoms with Gasteiger partial charge in [-0.2, -0.15) is 0 Å². The zero-order valence-corrected chi connectivity index (χ0v) is 28.5. The summed E-state index contributed by atoms with van der Waals surface area (Å²) in [5.41, 5.74) is 3.66. The number of carbonyl (C=O) groups is 2. The fourth-order valence-corrected chi connectivity index (χ4v) is 7.17. The van der Waals surface area contributed by atoms with Crippen molar-refractivity contribution in [2.75, 3.05) is 59.0 Å². The first-order valence-corrected chi connectivity index (χ1v) is 17.6. The van der Waals surface area contributed by atoms with E-state index in [0.717, 1.165) is 88.2 Å². The second kappa shape index (κ2) is 17.6. The lowest BCUT2D eigenvalue weighted by molar-refractivity contribution is -0.143. The van der Waals surface area contributed by atoms with Crippen LogP contribution in [0.25, 0.3) is 0 Å². The van der Waals surface area contributed by atoms with Gasteiger partial charge in [-0.05, 0) is 99.3 Å². The second-order valence-electron chi connectivity index (χ2n) is 13.2. The van der Waals surface area contributed by atoms with Crippen molar-refractivity contribution in [1.82, 2.24) is 19.6 Å². The van der Waals surface area contributed by atoms with Gasteiger partial charge in [-0.15, -0.1) is 0 Å². The first-order chi connectivity index (χ1) is 23.3. The van der Waals surface area contributed by atoms with Gasteiger partial charge in [0.15, 0.2) is 0 Å². The molecule has 5 rings (SSSR count). The van der Waals surface area contributed by atoms with E-state index in [2.05, 4.69) is 27.7 Å². The van der Waals surface area contributed by atoms with Crippen molar-refractivity contribution in [1.29, 1.82) is 0 Å². The molecule has 2 aliphatic rings. The summed E-state index contributed by atoms with van der Waals surface area (Å²) in [6, 6.07) is 22.3. The third kappa shape index (κ3) is 9.87. The van der Waals surface area contributed by atoms with Crippen molar-refractivity contribution < 1.29 is 23.8 Å². The summed E-state index contributed by atoms with van der Waals surface area (Å²) in [5.74, 6) is -0.0612. The van der Waals surface area contributed by atoms with Crippen LogP contribution in [-0.4, -0.2) is 102 Å². The Hall–Kier alpha value is -3.79. The number of hydrogen-bond donors (Lipinski definition) is 1. The molecule has 0 spiro atoms. The van der Waals surface area contributed by atoms with Gasteiger partial charge in [-0.25, -0.2) is 4.39 Å². The van der Waals surface area contributed by atoms with Crippen molar-refractivity contribution >= 4 is 11.9 Å². The predicted octanol–water partition coefficient (Wildman–Crippen LogP) is 6.10. The number of benzene rings is 3. The molecule has 8 nitrogen and oxygen atoms in total. The molecule has 48 heavy (non-hydrogen) atoms. The van der Waals surface area contributed by atoms with Gasteiger partial charge < -0.3 is 19.6 Å². The van der Waals surface area contributed by atoms with E-state index in [-0.39, 0.29) is 35.5 Å². The molecule has 0 aliphatic carbocycles. The van der Waals surface area contributed by atoms with Gasteiger partial charge in [0.1, 0.15) is 11.6 Å². The Bertz CT molecular complexity index is 1500. The Morgan fingerprint density at radius 2 is 1.65 bits per heavy atom. The minimum Gasteiger partial charge on any atom is -0.508 e. The summed E-state index contributed by atoms with van der Waals surface area (Å²) in [7, 11) is 0. The van der Waals surface area contributed by atoms with Crippen LogP contribution in [0.2, 0.25) is 0 Å². The summed E-state index contributed by atoms with van der Waals surface area (Å²) >= 11 is 0. The van der Waals surface area contributed by atoms with E-state index in [1.54, 1.807) is 18.2 Å². The van der Waals surface area contributed by atoms with E-state index in [4.69, 9.17) is 4.74 Å². The molecule has 3 aromatic carbocycles. The Morgan fingerprint density at radius 1 is 0.875 bits per heavy atom. The second-order valence-corrected chi connectivity index (χ2v) is 13.2. The average Bonchev–Trinajstić information content (AvgIpc) is 3.31. The number of piperazine rings is 1. The molecule has 0 radical (unpaired) electrons. The highest BCUT2D eigenvalue weighted by atomic mass is 19.1. The van der Waals surface area contributed by atoms with E-state index in [1.807, 2.05) is 54.3 Å². The minimum atomic E-state index is -0.213. The maximum Gasteiger partial charge on any atom is 0.305 e. The molecule has 0 saturated carbocycles. The van der Waals surface area contributed by atoms with Crippen molar-refractivity contribution in [2.24, 2.45) is 0 Å². The van der Waals surface area contributed by atoms with Crippen LogP contribution in [0.3, 0.4) is 0 Å². The largest absolute Gasteiger partial charge is 0.508 e. The van der Waals surface area contributed by atoms with Crippen LogP contribution in [0.1, 0.15) is 79.0 Å². The summed E-state index contributed by atoms with van der Waals surface area (Å²) in [5, 5.41) is 10.4. The lowest BCUT2D eigenvalue weighted by Crippen LogP contribution is -2.52. The lowest BCUT2D eigenvalue weighted by Gasteiger charge is -2.44. The number of phenolic OH excluding ortho intramolecular Hbond substituents is 1. The number of ether oxygens (including phenoxy) is 1. The van der Waals surface area contributed by atoms with E-state index >= 15 is 0 Å². The van der Waals surface area contributed by atoms with Crippen LogP contribution in [0.5, 0.6) is 5.75 Å². The normalized spacial score (nSPS) is 18.7. The maximum absolute atomic E-state index is 13.9. The molecule has 0 bridgehead atoms. The zero-order chi connectivity index (χ0) is 33.9. The maximum atomic E-state index is 13.9. The molecule has 2 atom stereocenters. The molecule has 2 aliphatic heterocycles. The molecule has 1 amide bonds. The molecule has 2 unspecified atom stereocenters. The predicted molar refractivity (Wildman–Crippen MR) is 186 cm³/mol. The van der Waals surface area contributed by atoms with Crippen LogP contribution < -0.4 is 0 Å². The number of unbranched alkanes of at least 4 members (excludes halogenated alkanes) is 2. The van der Waals surface area contributed by atoms with Gasteiger partial charge in [0, 0.05) is 63.8 Å². The molecule has 2 fully saturated rings. The van der Waals surface area contributed by atoms with Crippen molar-refractivity contribution in [3.05, 3.63) is 101 Å². The highest BCUT2D eigenvalue weighted by molar-refractivity contribution is 5.94. The molecular formula is C39H51FN4O4. The zero-order valence-electron chi connectivity index (χ0n) is 28.5. The number of amides is 1. The van der Waals surface area contributed by atoms with Crippen molar-refractivity contribution in [3.8, 4) is 5.75 Å². The first kappa shape index (κ1) is 35.5. The first-order valence-electron chi connectivity index (χ1n) is 17.6. The Kier molecular flexibility index (Phi) is 13.0. The van der Waals surface area contributed by atoms with Gasteiger partial charge in [0.05, 0.1) is 12.6 Å². The van der Waals surface area contributed by atoms with Crippen molar-refractivity contribution in [2.45, 2.75) is 64.6 Å². The molecule has 2 heterocycles. The van der Waals surface area contributed by atoms with Gasteiger partial charge in [0.25, 0.3) is 5.91 Å². The molecule has 3 aromatic rings. The van der Waals surface area contributed by atoms with Crippen LogP contribution in [0.15, 0.2) is 72.8 Å². The Morgan fingerprint density at radius 3 is 2.42 bits per heavy atom. The van der Waals surface area contributed by atoms with Crippen molar-refractivity contribution in [3.63, 3.8) is 0 Å². The van der Waals surface area contributed by atoms with Gasteiger partial charge in [-0.3, -0.25) is 19.4 Å². The number of hydrogen-bond acceptors (Lipinski definition) is 7. The fraction of sp³-hybridized carbons (Fsp3) is 0.487. The monoisotopic (exact) mass is 658 g/mol. The number of carbonyl (C=O) groups excluding carboxylic acids is 2.